The first-order valence-electron chi connectivity index (χ1n) is 7.98. The maximum absolute atomic E-state index is 12.2. The van der Waals surface area contributed by atoms with Gasteiger partial charge in [-0.05, 0) is 36.4 Å². The number of rotatable bonds is 5. The number of ether oxygens (including phenoxy) is 1. The second kappa shape index (κ2) is 7.90. The second-order valence-electron chi connectivity index (χ2n) is 5.80. The molecule has 6 nitrogen and oxygen atoms in total. The molecule has 1 saturated heterocycles. The van der Waals surface area contributed by atoms with Crippen molar-refractivity contribution in [2.75, 3.05) is 11.5 Å². The number of esters is 1. The van der Waals surface area contributed by atoms with Crippen molar-refractivity contribution < 1.29 is 23.9 Å². The minimum absolute atomic E-state index is 0.127. The number of nitrogens with zero attached hydrogens (tertiary/aromatic N) is 1. The summed E-state index contributed by atoms with van der Waals surface area (Å²) in [6, 6.07) is 10.3. The summed E-state index contributed by atoms with van der Waals surface area (Å²) in [5.41, 5.74) is 0.689. The largest absolute Gasteiger partial charge is 0.454 e. The average molecular weight is 406 g/mol. The van der Waals surface area contributed by atoms with Gasteiger partial charge in [0.2, 0.25) is 11.8 Å². The molecule has 3 rings (SSSR count). The van der Waals surface area contributed by atoms with Gasteiger partial charge in [0.25, 0.3) is 0 Å². The van der Waals surface area contributed by atoms with Crippen LogP contribution >= 0.6 is 23.2 Å². The molecule has 0 saturated carbocycles. The number of hydrogen-bond donors (Lipinski definition) is 0. The zero-order valence-corrected chi connectivity index (χ0v) is 15.4. The first kappa shape index (κ1) is 19.1. The van der Waals surface area contributed by atoms with Crippen LogP contribution < -0.4 is 4.90 Å². The molecule has 2 amide bonds. The topological polar surface area (TPSA) is 80.8 Å². The molecular formula is C19H13Cl2NO5. The van der Waals surface area contributed by atoms with Crippen LogP contribution in [-0.4, -0.2) is 30.2 Å². The van der Waals surface area contributed by atoms with Crippen LogP contribution in [0.25, 0.3) is 0 Å². The van der Waals surface area contributed by atoms with E-state index in [0.717, 1.165) is 4.90 Å². The van der Waals surface area contributed by atoms with E-state index >= 15 is 0 Å². The van der Waals surface area contributed by atoms with Gasteiger partial charge in [-0.1, -0.05) is 29.3 Å². The first-order valence-corrected chi connectivity index (χ1v) is 8.73. The van der Waals surface area contributed by atoms with Crippen LogP contribution in [0.3, 0.4) is 0 Å². The van der Waals surface area contributed by atoms with Crippen molar-refractivity contribution >= 4 is 52.5 Å². The van der Waals surface area contributed by atoms with E-state index in [-0.39, 0.29) is 40.8 Å². The van der Waals surface area contributed by atoms with Crippen LogP contribution in [0.2, 0.25) is 10.0 Å². The van der Waals surface area contributed by atoms with Crippen LogP contribution in [0, 0.1) is 0 Å². The molecule has 0 atom stereocenters. The monoisotopic (exact) mass is 405 g/mol. The van der Waals surface area contributed by atoms with E-state index < -0.39 is 18.4 Å². The van der Waals surface area contributed by atoms with Gasteiger partial charge in [0, 0.05) is 18.4 Å². The van der Waals surface area contributed by atoms with E-state index in [1.165, 1.54) is 36.4 Å². The molecule has 2 aromatic rings. The Labute approximate surface area is 164 Å². The number of Topliss-reactive ketones (excluding diaryl/α,β-unsaturated/α-hetero) is 1. The number of benzene rings is 2. The molecule has 2 aromatic carbocycles. The van der Waals surface area contributed by atoms with Crippen molar-refractivity contribution in [2.24, 2.45) is 0 Å². The van der Waals surface area contributed by atoms with E-state index in [2.05, 4.69) is 0 Å². The molecule has 1 heterocycles. The summed E-state index contributed by atoms with van der Waals surface area (Å²) < 4.78 is 5.03. The molecule has 1 aliphatic rings. The predicted octanol–water partition coefficient (Wildman–Crippen LogP) is 3.69. The number of carbonyl (C=O) groups excluding carboxylic acids is 4. The van der Waals surface area contributed by atoms with Crippen molar-refractivity contribution in [3.63, 3.8) is 0 Å². The lowest BCUT2D eigenvalue weighted by molar-refractivity contribution is -0.121. The SMILES string of the molecule is O=C(COC(=O)c1cccc(N2C(=O)CCC2=O)c1)c1ccc(Cl)c(Cl)c1. The fourth-order valence-electron chi connectivity index (χ4n) is 2.60. The Morgan fingerprint density at radius 3 is 2.30 bits per heavy atom. The minimum Gasteiger partial charge on any atom is -0.454 e. The Balaban J connectivity index is 1.68. The second-order valence-corrected chi connectivity index (χ2v) is 6.62. The Morgan fingerprint density at radius 2 is 1.63 bits per heavy atom. The molecule has 0 N–H and O–H groups in total. The molecular weight excluding hydrogens is 393 g/mol. The summed E-state index contributed by atoms with van der Waals surface area (Å²) in [6.07, 6.45) is 0.289. The molecule has 0 unspecified atom stereocenters. The highest BCUT2D eigenvalue weighted by Crippen LogP contribution is 2.24. The molecule has 1 fully saturated rings. The standard InChI is InChI=1S/C19H13Cl2NO5/c20-14-5-4-11(9-15(14)21)16(23)10-27-19(26)12-2-1-3-13(8-12)22-17(24)6-7-18(22)25/h1-5,8-9H,6-7,10H2. The molecule has 27 heavy (non-hydrogen) atoms. The van der Waals surface area contributed by atoms with Gasteiger partial charge in [-0.15, -0.1) is 0 Å². The number of amides is 2. The normalized spacial score (nSPS) is 13.8. The third kappa shape index (κ3) is 4.18. The maximum Gasteiger partial charge on any atom is 0.338 e. The number of carbonyl (C=O) groups is 4. The van der Waals surface area contributed by atoms with Gasteiger partial charge < -0.3 is 4.74 Å². The van der Waals surface area contributed by atoms with Gasteiger partial charge in [0.15, 0.2) is 12.4 Å². The third-order valence-electron chi connectivity index (χ3n) is 3.97. The lowest BCUT2D eigenvalue weighted by Gasteiger charge is -2.14. The Bertz CT molecular complexity index is 941. The van der Waals surface area contributed by atoms with E-state index in [4.69, 9.17) is 27.9 Å². The summed E-state index contributed by atoms with van der Waals surface area (Å²) in [5.74, 6) is -1.83. The van der Waals surface area contributed by atoms with Crippen LogP contribution in [0.15, 0.2) is 42.5 Å². The summed E-state index contributed by atoms with van der Waals surface area (Å²) in [6.45, 7) is -0.484. The quantitative estimate of drug-likeness (QED) is 0.430. The summed E-state index contributed by atoms with van der Waals surface area (Å²) in [7, 11) is 0. The summed E-state index contributed by atoms with van der Waals surface area (Å²) in [4.78, 5) is 49.0. The highest BCUT2D eigenvalue weighted by Gasteiger charge is 2.30. The van der Waals surface area contributed by atoms with Gasteiger partial charge in [0.05, 0.1) is 21.3 Å². The Kier molecular flexibility index (Phi) is 5.58. The maximum atomic E-state index is 12.2. The first-order chi connectivity index (χ1) is 12.9. The van der Waals surface area contributed by atoms with E-state index in [1.807, 2.05) is 0 Å². The van der Waals surface area contributed by atoms with Gasteiger partial charge >= 0.3 is 5.97 Å². The van der Waals surface area contributed by atoms with Crippen molar-refractivity contribution in [2.45, 2.75) is 12.8 Å². The molecule has 0 bridgehead atoms. The van der Waals surface area contributed by atoms with Gasteiger partial charge in [-0.25, -0.2) is 4.79 Å². The lowest BCUT2D eigenvalue weighted by atomic mass is 10.1. The summed E-state index contributed by atoms with van der Waals surface area (Å²) in [5, 5.41) is 0.537. The van der Waals surface area contributed by atoms with Gasteiger partial charge in [-0.3, -0.25) is 19.3 Å². The Morgan fingerprint density at radius 1 is 0.926 bits per heavy atom. The third-order valence-corrected chi connectivity index (χ3v) is 4.71. The molecule has 0 radical (unpaired) electrons. The fraction of sp³-hybridized carbons (Fsp3) is 0.158. The van der Waals surface area contributed by atoms with Crippen LogP contribution in [-0.2, 0) is 14.3 Å². The molecule has 0 aliphatic carbocycles. The van der Waals surface area contributed by atoms with Crippen molar-refractivity contribution in [3.8, 4) is 0 Å². The number of anilines is 1. The number of ketones is 1. The average Bonchev–Trinajstić information content (AvgIpc) is 3.00. The smallest absolute Gasteiger partial charge is 0.338 e. The fourth-order valence-corrected chi connectivity index (χ4v) is 2.90. The van der Waals surface area contributed by atoms with Crippen LogP contribution in [0.4, 0.5) is 5.69 Å². The van der Waals surface area contributed by atoms with Crippen molar-refractivity contribution in [3.05, 3.63) is 63.6 Å². The van der Waals surface area contributed by atoms with Crippen LogP contribution in [0.1, 0.15) is 33.6 Å². The highest BCUT2D eigenvalue weighted by molar-refractivity contribution is 6.42. The van der Waals surface area contributed by atoms with Crippen molar-refractivity contribution in [1.82, 2.24) is 0 Å². The van der Waals surface area contributed by atoms with E-state index in [9.17, 15) is 19.2 Å². The molecule has 1 aliphatic heterocycles. The molecule has 0 spiro atoms. The highest BCUT2D eigenvalue weighted by atomic mass is 35.5. The molecule has 8 heteroatoms. The zero-order chi connectivity index (χ0) is 19.6. The molecule has 138 valence electrons. The summed E-state index contributed by atoms with van der Waals surface area (Å²) >= 11 is 11.7. The van der Waals surface area contributed by atoms with Gasteiger partial charge in [0.1, 0.15) is 0 Å². The lowest BCUT2D eigenvalue weighted by Crippen LogP contribution is -2.28. The number of imide groups is 1. The van der Waals surface area contributed by atoms with Gasteiger partial charge in [-0.2, -0.15) is 0 Å². The molecule has 0 aromatic heterocycles. The van der Waals surface area contributed by atoms with E-state index in [0.29, 0.717) is 10.7 Å². The number of hydrogen-bond acceptors (Lipinski definition) is 5. The Hall–Kier alpha value is -2.70. The minimum atomic E-state index is -0.746. The van der Waals surface area contributed by atoms with Crippen LogP contribution in [0.5, 0.6) is 0 Å². The number of halogens is 2. The zero-order valence-electron chi connectivity index (χ0n) is 13.9. The van der Waals surface area contributed by atoms with E-state index in [1.54, 1.807) is 6.07 Å². The van der Waals surface area contributed by atoms with Crippen molar-refractivity contribution in [1.29, 1.82) is 0 Å². The predicted molar refractivity (Wildman–Crippen MR) is 99.2 cm³/mol.